The fourth-order valence-corrected chi connectivity index (χ4v) is 3.99. The molecule has 0 aliphatic carbocycles. The van der Waals surface area contributed by atoms with Crippen molar-refractivity contribution in [2.45, 2.75) is 6.16 Å². The number of benzene rings is 4. The summed E-state index contributed by atoms with van der Waals surface area (Å²) in [5.74, 6) is -3.71. The van der Waals surface area contributed by atoms with E-state index >= 15 is 0 Å². The van der Waals surface area contributed by atoms with Gasteiger partial charge < -0.3 is 18.9 Å². The van der Waals surface area contributed by atoms with E-state index in [1.165, 1.54) is 48.5 Å². The van der Waals surface area contributed by atoms with Crippen LogP contribution in [0.15, 0.2) is 72.8 Å². The fourth-order valence-electron chi connectivity index (χ4n) is 3.99. The molecule has 0 aromatic heterocycles. The van der Waals surface area contributed by atoms with Crippen molar-refractivity contribution >= 4 is 0 Å². The fraction of sp³-hybridized carbons (Fsp3) is 0.0400. The van der Waals surface area contributed by atoms with Crippen LogP contribution in [0, 0.1) is 23.3 Å². The predicted octanol–water partition coefficient (Wildman–Crippen LogP) is 6.43. The van der Waals surface area contributed by atoms with Gasteiger partial charge in [0.2, 0.25) is 0 Å². The van der Waals surface area contributed by atoms with Gasteiger partial charge in [0.1, 0.15) is 46.3 Å². The SMILES string of the molecule is Fc1cccc2c1-c1c(F)cccc1OC1(O2)Oc2cccc(F)c2-c2c(F)cccc2O1. The van der Waals surface area contributed by atoms with Crippen LogP contribution in [-0.4, -0.2) is 6.16 Å². The molecule has 0 N–H and O–H groups in total. The minimum atomic E-state index is -2.50. The third kappa shape index (κ3) is 2.91. The van der Waals surface area contributed by atoms with Crippen LogP contribution >= 0.6 is 0 Å². The van der Waals surface area contributed by atoms with E-state index in [2.05, 4.69) is 0 Å². The Balaban J connectivity index is 1.64. The molecule has 4 aromatic rings. The Hall–Kier alpha value is -4.20. The molecule has 0 saturated carbocycles. The van der Waals surface area contributed by atoms with Gasteiger partial charge in [-0.05, 0) is 48.5 Å². The zero-order valence-corrected chi connectivity index (χ0v) is 16.6. The van der Waals surface area contributed by atoms with Crippen LogP contribution in [0.5, 0.6) is 23.0 Å². The van der Waals surface area contributed by atoms with Gasteiger partial charge in [0.05, 0.1) is 22.3 Å². The highest BCUT2D eigenvalue weighted by atomic mass is 19.1. The predicted molar refractivity (Wildman–Crippen MR) is 109 cm³/mol. The second kappa shape index (κ2) is 6.90. The van der Waals surface area contributed by atoms with Gasteiger partial charge in [-0.3, -0.25) is 0 Å². The lowest BCUT2D eigenvalue weighted by Gasteiger charge is -2.30. The lowest BCUT2D eigenvalue weighted by molar-refractivity contribution is -0.364. The summed E-state index contributed by atoms with van der Waals surface area (Å²) in [7, 11) is 0. The first kappa shape index (κ1) is 19.5. The molecule has 0 amide bonds. The molecule has 4 nitrogen and oxygen atoms in total. The van der Waals surface area contributed by atoms with E-state index in [4.69, 9.17) is 18.9 Å². The van der Waals surface area contributed by atoms with Crippen LogP contribution in [0.3, 0.4) is 0 Å². The first-order valence-corrected chi connectivity index (χ1v) is 9.86. The van der Waals surface area contributed by atoms with Gasteiger partial charge >= 0.3 is 6.16 Å². The normalized spacial score (nSPS) is 14.7. The summed E-state index contributed by atoms with van der Waals surface area (Å²) in [5.41, 5.74) is -0.841. The van der Waals surface area contributed by atoms with Crippen LogP contribution in [0.1, 0.15) is 0 Å². The van der Waals surface area contributed by atoms with Gasteiger partial charge in [-0.2, -0.15) is 0 Å². The first-order valence-electron chi connectivity index (χ1n) is 9.86. The van der Waals surface area contributed by atoms with Crippen LogP contribution in [0.4, 0.5) is 17.6 Å². The summed E-state index contributed by atoms with van der Waals surface area (Å²) in [6, 6.07) is 15.5. The molecule has 6 rings (SSSR count). The van der Waals surface area contributed by atoms with Gasteiger partial charge in [-0.25, -0.2) is 17.6 Å². The van der Waals surface area contributed by atoms with Crippen molar-refractivity contribution in [2.75, 3.05) is 0 Å². The molecule has 0 radical (unpaired) electrons. The molecule has 164 valence electrons. The number of ether oxygens (including phenoxy) is 4. The van der Waals surface area contributed by atoms with Gasteiger partial charge in [-0.1, -0.05) is 24.3 Å². The quantitative estimate of drug-likeness (QED) is 0.288. The highest BCUT2D eigenvalue weighted by Gasteiger charge is 2.50. The van der Waals surface area contributed by atoms with Crippen molar-refractivity contribution < 1.29 is 36.5 Å². The molecule has 4 aromatic carbocycles. The van der Waals surface area contributed by atoms with Crippen molar-refractivity contribution in [3.05, 3.63) is 96.1 Å². The second-order valence-electron chi connectivity index (χ2n) is 7.36. The minimum absolute atomic E-state index is 0.156. The highest BCUT2D eigenvalue weighted by Crippen LogP contribution is 2.50. The molecule has 2 heterocycles. The monoisotopic (exact) mass is 452 g/mol. The lowest BCUT2D eigenvalue weighted by atomic mass is 10.0. The van der Waals surface area contributed by atoms with Crippen molar-refractivity contribution in [1.82, 2.24) is 0 Å². The van der Waals surface area contributed by atoms with Gasteiger partial charge in [0, 0.05) is 0 Å². The maximum Gasteiger partial charge on any atom is 0.611 e. The third-order valence-corrected chi connectivity index (χ3v) is 5.34. The molecule has 0 fully saturated rings. The van der Waals surface area contributed by atoms with E-state index in [1.54, 1.807) is 0 Å². The van der Waals surface area contributed by atoms with Crippen molar-refractivity contribution in [2.24, 2.45) is 0 Å². The largest absolute Gasteiger partial charge is 0.611 e. The Bertz CT molecular complexity index is 1220. The Labute approximate surface area is 184 Å². The molecule has 1 spiro atoms. The molecule has 0 saturated heterocycles. The van der Waals surface area contributed by atoms with Gasteiger partial charge in [-0.15, -0.1) is 0 Å². The molecule has 8 heteroatoms. The van der Waals surface area contributed by atoms with Crippen LogP contribution in [-0.2, 0) is 0 Å². The zero-order valence-electron chi connectivity index (χ0n) is 16.6. The van der Waals surface area contributed by atoms with Crippen LogP contribution in [0.2, 0.25) is 0 Å². The van der Waals surface area contributed by atoms with Crippen LogP contribution in [0.25, 0.3) is 22.3 Å². The molecule has 2 aliphatic heterocycles. The molecular formula is C25H12F4O4. The summed E-state index contributed by atoms with van der Waals surface area (Å²) in [5, 5.41) is 0. The van der Waals surface area contributed by atoms with Crippen molar-refractivity contribution in [3.63, 3.8) is 0 Å². The number of hydrogen-bond acceptors (Lipinski definition) is 4. The van der Waals surface area contributed by atoms with E-state index in [1.807, 2.05) is 0 Å². The number of fused-ring (bicyclic) bond motifs is 6. The summed E-state index contributed by atoms with van der Waals surface area (Å²) in [6.45, 7) is 0. The number of rotatable bonds is 0. The first-order chi connectivity index (χ1) is 16.0. The molecule has 0 unspecified atom stereocenters. The molecule has 33 heavy (non-hydrogen) atoms. The van der Waals surface area contributed by atoms with E-state index < -0.39 is 29.4 Å². The van der Waals surface area contributed by atoms with Gasteiger partial charge in [0.25, 0.3) is 0 Å². The Kier molecular flexibility index (Phi) is 4.07. The van der Waals surface area contributed by atoms with Crippen LogP contribution < -0.4 is 18.9 Å². The minimum Gasteiger partial charge on any atom is -0.385 e. The standard InChI is InChI=1S/C25H12F4O4/c26-13-5-1-9-17-21(13)22-14(27)6-2-10-18(22)31-25(30-17)32-19-11-3-7-15(28)23(19)24-16(29)8-4-12-20(24)33-25/h1-12H. The topological polar surface area (TPSA) is 36.9 Å². The summed E-state index contributed by atoms with van der Waals surface area (Å²) >= 11 is 0. The Morgan fingerprint density at radius 2 is 0.636 bits per heavy atom. The van der Waals surface area contributed by atoms with E-state index in [0.29, 0.717) is 0 Å². The lowest BCUT2D eigenvalue weighted by Crippen LogP contribution is -2.53. The average molecular weight is 452 g/mol. The second-order valence-corrected chi connectivity index (χ2v) is 7.36. The molecule has 0 bridgehead atoms. The van der Waals surface area contributed by atoms with Crippen molar-refractivity contribution in [1.29, 1.82) is 0 Å². The summed E-state index contributed by atoms with van der Waals surface area (Å²) in [6.07, 6.45) is -2.50. The Morgan fingerprint density at radius 3 is 0.879 bits per heavy atom. The zero-order chi connectivity index (χ0) is 22.7. The number of hydrogen-bond donors (Lipinski definition) is 0. The molecule has 2 aliphatic rings. The maximum absolute atomic E-state index is 14.8. The van der Waals surface area contributed by atoms with Gasteiger partial charge in [0.15, 0.2) is 0 Å². The molecule has 0 atom stereocenters. The summed E-state index contributed by atoms with van der Waals surface area (Å²) in [4.78, 5) is 0. The van der Waals surface area contributed by atoms with E-state index in [0.717, 1.165) is 24.3 Å². The van der Waals surface area contributed by atoms with Crippen molar-refractivity contribution in [3.8, 4) is 45.3 Å². The third-order valence-electron chi connectivity index (χ3n) is 5.34. The van der Waals surface area contributed by atoms with E-state index in [9.17, 15) is 17.6 Å². The number of halogens is 4. The smallest absolute Gasteiger partial charge is 0.385 e. The average Bonchev–Trinajstić information content (AvgIpc) is 3.00. The van der Waals surface area contributed by atoms with E-state index in [-0.39, 0.29) is 45.3 Å². The maximum atomic E-state index is 14.8. The molecular weight excluding hydrogens is 440 g/mol. The highest BCUT2D eigenvalue weighted by molar-refractivity contribution is 5.79. The summed E-state index contributed by atoms with van der Waals surface area (Å²) < 4.78 is 82.8. The Morgan fingerprint density at radius 1 is 0.394 bits per heavy atom.